The molecule has 0 fully saturated rings. The van der Waals surface area contributed by atoms with Crippen LogP contribution in [0.1, 0.15) is 37.5 Å². The van der Waals surface area contributed by atoms with Crippen molar-refractivity contribution < 1.29 is 9.34 Å². The van der Waals surface area contributed by atoms with Crippen LogP contribution in [0.25, 0.3) is 11.3 Å². The minimum absolute atomic E-state index is 0.114. The van der Waals surface area contributed by atoms with Crippen LogP contribution in [0, 0.1) is 23.0 Å². The third-order valence-electron chi connectivity index (χ3n) is 5.92. The van der Waals surface area contributed by atoms with E-state index in [-0.39, 0.29) is 22.1 Å². The minimum Gasteiger partial charge on any atom is -0.455 e. The molecule has 0 radical (unpaired) electrons. The second-order valence-corrected chi connectivity index (χ2v) is 7.98. The van der Waals surface area contributed by atoms with Crippen LogP contribution >= 0.6 is 0 Å². The maximum Gasteiger partial charge on any atom is 0.297 e. The maximum absolute atomic E-state index is 13.0. The zero-order valence-electron chi connectivity index (χ0n) is 18.4. The van der Waals surface area contributed by atoms with E-state index in [9.17, 15) is 14.9 Å². The van der Waals surface area contributed by atoms with E-state index in [1.807, 2.05) is 57.2 Å². The molecule has 0 aliphatic heterocycles. The summed E-state index contributed by atoms with van der Waals surface area (Å²) in [4.78, 5) is 28.6. The largest absolute Gasteiger partial charge is 0.455 e. The first-order valence-electron chi connectivity index (χ1n) is 10.3. The first-order chi connectivity index (χ1) is 15.3. The van der Waals surface area contributed by atoms with Gasteiger partial charge in [0, 0.05) is 13.5 Å². The number of hydrogen-bond donors (Lipinski definition) is 0. The fraction of sp³-hybridized carbons (Fsp3) is 0.250. The van der Waals surface area contributed by atoms with E-state index in [1.54, 1.807) is 28.5 Å². The average Bonchev–Trinajstić information content (AvgIpc) is 3.32. The van der Waals surface area contributed by atoms with E-state index in [2.05, 4.69) is 4.99 Å². The van der Waals surface area contributed by atoms with E-state index in [0.29, 0.717) is 34.9 Å². The number of nitrogens with zero attached hydrogens (tertiary/aromatic N) is 4. The first-order valence-corrected chi connectivity index (χ1v) is 10.3. The van der Waals surface area contributed by atoms with Crippen LogP contribution < -0.4 is 5.56 Å². The molecule has 8 nitrogen and oxygen atoms in total. The van der Waals surface area contributed by atoms with Crippen molar-refractivity contribution in [2.75, 3.05) is 0 Å². The van der Waals surface area contributed by atoms with Crippen molar-refractivity contribution in [3.05, 3.63) is 97.5 Å². The molecule has 0 spiro atoms. The van der Waals surface area contributed by atoms with Crippen LogP contribution in [-0.2, 0) is 7.05 Å². The Morgan fingerprint density at radius 1 is 1.19 bits per heavy atom. The van der Waals surface area contributed by atoms with Gasteiger partial charge in [0.1, 0.15) is 11.5 Å². The lowest BCUT2D eigenvalue weighted by atomic mass is 9.88. The van der Waals surface area contributed by atoms with Crippen molar-refractivity contribution in [1.82, 2.24) is 9.36 Å². The van der Waals surface area contributed by atoms with Crippen LogP contribution in [0.15, 0.2) is 74.0 Å². The molecular weight excluding hydrogens is 408 g/mol. The molecule has 1 aliphatic carbocycles. The number of para-hydroxylation sites is 1. The Kier molecular flexibility index (Phi) is 5.52. The molecule has 4 rings (SSSR count). The van der Waals surface area contributed by atoms with Gasteiger partial charge in [0.25, 0.3) is 11.3 Å². The normalized spacial score (nSPS) is 16.6. The molecule has 0 amide bonds. The summed E-state index contributed by atoms with van der Waals surface area (Å²) in [6, 6.07) is 12.7. The summed E-state index contributed by atoms with van der Waals surface area (Å²) < 4.78 is 9.15. The van der Waals surface area contributed by atoms with Crippen LogP contribution in [0.2, 0.25) is 0 Å². The highest BCUT2D eigenvalue weighted by Crippen LogP contribution is 2.35. The van der Waals surface area contributed by atoms with E-state index >= 15 is 0 Å². The zero-order valence-corrected chi connectivity index (χ0v) is 18.4. The molecule has 3 aromatic rings. The number of furan rings is 1. The number of nitro groups is 1. The number of rotatable bonds is 5. The van der Waals surface area contributed by atoms with Gasteiger partial charge in [-0.25, -0.2) is 9.67 Å². The Morgan fingerprint density at radius 3 is 2.59 bits per heavy atom. The molecule has 1 aliphatic rings. The van der Waals surface area contributed by atoms with E-state index in [1.165, 1.54) is 6.21 Å². The summed E-state index contributed by atoms with van der Waals surface area (Å²) in [6.07, 6.45) is 3.64. The Morgan fingerprint density at radius 2 is 1.91 bits per heavy atom. The molecule has 1 unspecified atom stereocenters. The van der Waals surface area contributed by atoms with E-state index in [0.717, 1.165) is 11.3 Å². The molecule has 0 saturated carbocycles. The number of aliphatic imine (C=N–C) groups is 1. The Bertz CT molecular complexity index is 1340. The molecule has 8 heteroatoms. The van der Waals surface area contributed by atoms with E-state index < -0.39 is 0 Å². The maximum atomic E-state index is 13.0. The summed E-state index contributed by atoms with van der Waals surface area (Å²) in [5, 5.41) is 11.5. The van der Waals surface area contributed by atoms with Crippen molar-refractivity contribution in [2.45, 2.75) is 27.2 Å². The molecule has 0 bridgehead atoms. The molecule has 164 valence electrons. The van der Waals surface area contributed by atoms with Gasteiger partial charge in [0.05, 0.1) is 28.1 Å². The predicted molar refractivity (Wildman–Crippen MR) is 123 cm³/mol. The van der Waals surface area contributed by atoms with Crippen molar-refractivity contribution in [1.29, 1.82) is 0 Å². The molecule has 2 aromatic heterocycles. The van der Waals surface area contributed by atoms with Gasteiger partial charge in [-0.15, -0.1) is 0 Å². The monoisotopic (exact) mass is 432 g/mol. The van der Waals surface area contributed by atoms with E-state index in [4.69, 9.17) is 4.42 Å². The number of aromatic nitrogens is 2. The molecule has 0 saturated heterocycles. The molecule has 1 atom stereocenters. The van der Waals surface area contributed by atoms with Crippen molar-refractivity contribution >= 4 is 17.5 Å². The Labute approximate surface area is 184 Å². The Balaban J connectivity index is 1.68. The lowest BCUT2D eigenvalue weighted by Gasteiger charge is -2.17. The zero-order chi connectivity index (χ0) is 23.0. The topological polar surface area (TPSA) is 95.6 Å². The highest BCUT2D eigenvalue weighted by atomic mass is 16.6. The second kappa shape index (κ2) is 8.30. The van der Waals surface area contributed by atoms with Gasteiger partial charge in [-0.3, -0.25) is 19.6 Å². The summed E-state index contributed by atoms with van der Waals surface area (Å²) >= 11 is 0. The summed E-state index contributed by atoms with van der Waals surface area (Å²) in [7, 11) is 1.80. The fourth-order valence-corrected chi connectivity index (χ4v) is 3.80. The second-order valence-electron chi connectivity index (χ2n) is 7.98. The number of hydrogen-bond acceptors (Lipinski definition) is 5. The smallest absolute Gasteiger partial charge is 0.297 e. The average molecular weight is 432 g/mol. The SMILES string of the molecule is CC1=CC(c2ccc(C=Nc3c(C)n(C)n(-c4ccccc4)c3=O)o2)=C([N+](=O)[O-])CC1C. The molecule has 1 aromatic carbocycles. The van der Waals surface area contributed by atoms with Crippen LogP contribution in [-0.4, -0.2) is 20.5 Å². The number of allylic oxidation sites excluding steroid dienone is 4. The third-order valence-corrected chi connectivity index (χ3v) is 5.92. The predicted octanol–water partition coefficient (Wildman–Crippen LogP) is 4.80. The minimum atomic E-state index is -0.343. The summed E-state index contributed by atoms with van der Waals surface area (Å²) in [5.74, 6) is 0.938. The van der Waals surface area contributed by atoms with Gasteiger partial charge >= 0.3 is 0 Å². The highest BCUT2D eigenvalue weighted by Gasteiger charge is 2.28. The quantitative estimate of drug-likeness (QED) is 0.329. The van der Waals surface area contributed by atoms with Gasteiger partial charge in [0.2, 0.25) is 0 Å². The van der Waals surface area contributed by atoms with Crippen molar-refractivity contribution in [3.8, 4) is 5.69 Å². The Hall–Kier alpha value is -3.94. The van der Waals surface area contributed by atoms with Crippen molar-refractivity contribution in [2.24, 2.45) is 18.0 Å². The number of benzene rings is 1. The summed E-state index contributed by atoms with van der Waals surface area (Å²) in [5.41, 5.74) is 3.22. The third kappa shape index (κ3) is 3.75. The standard InChI is InChI=1S/C24H24N4O4/c1-15-12-20(21(28(30)31)13-16(15)2)22-11-10-19(32-22)14-25-23-17(3)26(4)27(24(23)29)18-8-6-5-7-9-18/h5-12,14,16H,13H2,1-4H3. The van der Waals surface area contributed by atoms with Crippen LogP contribution in [0.4, 0.5) is 5.69 Å². The highest BCUT2D eigenvalue weighted by molar-refractivity contribution is 5.81. The molecule has 0 N–H and O–H groups in total. The molecule has 2 heterocycles. The lowest BCUT2D eigenvalue weighted by molar-refractivity contribution is -0.427. The van der Waals surface area contributed by atoms with Crippen molar-refractivity contribution in [3.63, 3.8) is 0 Å². The molecule has 32 heavy (non-hydrogen) atoms. The van der Waals surface area contributed by atoms with Gasteiger partial charge in [0.15, 0.2) is 5.69 Å². The lowest BCUT2D eigenvalue weighted by Crippen LogP contribution is -2.19. The fourth-order valence-electron chi connectivity index (χ4n) is 3.80. The van der Waals surface area contributed by atoms with Gasteiger partial charge < -0.3 is 4.42 Å². The first kappa shape index (κ1) is 21.3. The van der Waals surface area contributed by atoms with Gasteiger partial charge in [-0.1, -0.05) is 30.7 Å². The summed E-state index contributed by atoms with van der Waals surface area (Å²) in [6.45, 7) is 5.76. The van der Waals surface area contributed by atoms with Gasteiger partial charge in [-0.05, 0) is 50.1 Å². The van der Waals surface area contributed by atoms with Gasteiger partial charge in [-0.2, -0.15) is 0 Å². The van der Waals surface area contributed by atoms with Crippen LogP contribution in [0.3, 0.4) is 0 Å². The van der Waals surface area contributed by atoms with Crippen LogP contribution in [0.5, 0.6) is 0 Å². The molecular formula is C24H24N4O4.